The first kappa shape index (κ1) is 20.2. The fraction of sp³-hybridized carbons (Fsp3) is 0.727. The summed E-state index contributed by atoms with van der Waals surface area (Å²) in [7, 11) is 5.50. The van der Waals surface area contributed by atoms with Crippen molar-refractivity contribution in [2.45, 2.75) is 70.2 Å². The number of amides is 1. The number of carbonyl (C=O) groups excluding carboxylic acids is 1. The molecule has 0 aromatic heterocycles. The molecule has 2 heterocycles. The minimum atomic E-state index is -0.00268. The molecule has 5 heteroatoms. The van der Waals surface area contributed by atoms with E-state index < -0.39 is 0 Å². The normalized spacial score (nSPS) is 30.0. The Bertz CT molecular complexity index is 571. The van der Waals surface area contributed by atoms with Crippen molar-refractivity contribution in [3.05, 3.63) is 24.8 Å². The lowest BCUT2D eigenvalue weighted by Gasteiger charge is -2.37. The van der Waals surface area contributed by atoms with E-state index in [0.29, 0.717) is 5.92 Å². The van der Waals surface area contributed by atoms with E-state index in [0.717, 1.165) is 49.8 Å². The van der Waals surface area contributed by atoms with Crippen molar-refractivity contribution in [3.8, 4) is 0 Å². The highest BCUT2D eigenvalue weighted by molar-refractivity contribution is 6.19. The average molecular weight is 368 g/mol. The zero-order valence-electron chi connectivity index (χ0n) is 16.6. The zero-order valence-corrected chi connectivity index (χ0v) is 16.6. The van der Waals surface area contributed by atoms with Gasteiger partial charge in [0.15, 0.2) is 6.10 Å². The van der Waals surface area contributed by atoms with Crippen molar-refractivity contribution in [3.63, 3.8) is 0 Å². The van der Waals surface area contributed by atoms with Gasteiger partial charge < -0.3 is 9.74 Å². The lowest BCUT2D eigenvalue weighted by Crippen LogP contribution is -2.40. The number of carbonyl (C=O) groups is 1. The molecule has 146 valence electrons. The summed E-state index contributed by atoms with van der Waals surface area (Å²) in [4.78, 5) is 19.3. The summed E-state index contributed by atoms with van der Waals surface area (Å²) in [6.45, 7) is 9.57. The van der Waals surface area contributed by atoms with Crippen LogP contribution >= 0.6 is 0 Å². The molecule has 3 aliphatic rings. The number of hydrogen-bond acceptors (Lipinski definition) is 3. The summed E-state index contributed by atoms with van der Waals surface area (Å²) < 4.78 is 0. The van der Waals surface area contributed by atoms with Gasteiger partial charge in [0.25, 0.3) is 0 Å². The predicted octanol–water partition coefficient (Wildman–Crippen LogP) is 4.29. The van der Waals surface area contributed by atoms with E-state index in [-0.39, 0.29) is 18.3 Å². The van der Waals surface area contributed by atoms with Crippen LogP contribution in [0.4, 0.5) is 0 Å². The maximum Gasteiger partial charge on any atom is 0.213 e. The largest absolute Gasteiger partial charge is 0.387 e. The molecule has 0 N–H and O–H groups in total. The molecule has 4 nitrogen and oxygen atoms in total. The highest BCUT2D eigenvalue weighted by atomic mass is 16.6. The van der Waals surface area contributed by atoms with Crippen LogP contribution in [-0.2, 0) is 9.63 Å². The van der Waals surface area contributed by atoms with Crippen molar-refractivity contribution in [2.24, 2.45) is 22.9 Å². The molecular weight excluding hydrogens is 335 g/mol. The van der Waals surface area contributed by atoms with E-state index in [1.54, 1.807) is 6.08 Å². The molecular formula is C22H33BN2O2. The SMILES string of the molecule is [B]CC(=O)N1CCC(C2CCCC(C3=NOC(C(=C)C=C)C3)CCC2)CC1. The molecule has 2 fully saturated rings. The monoisotopic (exact) mass is 368 g/mol. The van der Waals surface area contributed by atoms with Gasteiger partial charge in [0.2, 0.25) is 5.91 Å². The molecule has 2 radical (unpaired) electrons. The molecule has 1 saturated carbocycles. The molecule has 1 aliphatic carbocycles. The van der Waals surface area contributed by atoms with E-state index in [1.165, 1.54) is 44.2 Å². The van der Waals surface area contributed by atoms with Gasteiger partial charge in [-0.05, 0) is 49.4 Å². The lowest BCUT2D eigenvalue weighted by molar-refractivity contribution is -0.130. The van der Waals surface area contributed by atoms with E-state index >= 15 is 0 Å². The van der Waals surface area contributed by atoms with Gasteiger partial charge in [-0.3, -0.25) is 4.79 Å². The van der Waals surface area contributed by atoms with Gasteiger partial charge in [0.05, 0.1) is 13.6 Å². The second-order valence-electron chi connectivity index (χ2n) is 8.40. The van der Waals surface area contributed by atoms with Gasteiger partial charge in [0.1, 0.15) is 0 Å². The number of piperidine rings is 1. The topological polar surface area (TPSA) is 41.9 Å². The Morgan fingerprint density at radius 2 is 1.78 bits per heavy atom. The summed E-state index contributed by atoms with van der Waals surface area (Å²) in [5, 5.41) is 4.38. The molecule has 1 unspecified atom stereocenters. The van der Waals surface area contributed by atoms with Gasteiger partial charge in [-0.25, -0.2) is 0 Å². The fourth-order valence-electron chi connectivity index (χ4n) is 5.06. The van der Waals surface area contributed by atoms with Crippen LogP contribution in [0.3, 0.4) is 0 Å². The highest BCUT2D eigenvalue weighted by Crippen LogP contribution is 2.37. The number of nitrogens with zero attached hydrogens (tertiary/aromatic N) is 2. The Morgan fingerprint density at radius 1 is 1.15 bits per heavy atom. The molecule has 0 spiro atoms. The summed E-state index contributed by atoms with van der Waals surface area (Å²) in [5.41, 5.74) is 2.16. The van der Waals surface area contributed by atoms with Crippen molar-refractivity contribution in [2.75, 3.05) is 13.1 Å². The Hall–Kier alpha value is -1.52. The molecule has 0 bridgehead atoms. The number of oxime groups is 1. The molecule has 27 heavy (non-hydrogen) atoms. The number of hydrogen-bond donors (Lipinski definition) is 0. The smallest absolute Gasteiger partial charge is 0.213 e. The van der Waals surface area contributed by atoms with E-state index in [1.807, 2.05) is 4.90 Å². The Balaban J connectivity index is 1.44. The van der Waals surface area contributed by atoms with Crippen LogP contribution in [-0.4, -0.2) is 43.6 Å². The summed E-state index contributed by atoms with van der Waals surface area (Å²) >= 11 is 0. The molecule has 3 rings (SSSR count). The van der Waals surface area contributed by atoms with Gasteiger partial charge in [-0.15, -0.1) is 0 Å². The molecule has 1 atom stereocenters. The number of rotatable bonds is 5. The fourth-order valence-corrected chi connectivity index (χ4v) is 5.06. The minimum absolute atomic E-state index is 0.00268. The van der Waals surface area contributed by atoms with Crippen molar-refractivity contribution < 1.29 is 9.63 Å². The molecule has 0 aromatic carbocycles. The van der Waals surface area contributed by atoms with E-state index in [9.17, 15) is 4.79 Å². The van der Waals surface area contributed by atoms with Crippen LogP contribution in [0.15, 0.2) is 30.0 Å². The second kappa shape index (κ2) is 9.61. The number of likely N-dealkylation sites (tertiary alicyclic amines) is 1. The summed E-state index contributed by atoms with van der Waals surface area (Å²) in [6.07, 6.45) is 12.7. The van der Waals surface area contributed by atoms with E-state index in [4.69, 9.17) is 12.7 Å². The first-order valence-corrected chi connectivity index (χ1v) is 10.6. The van der Waals surface area contributed by atoms with Crippen LogP contribution in [0.1, 0.15) is 57.8 Å². The van der Waals surface area contributed by atoms with Crippen molar-refractivity contribution in [1.82, 2.24) is 4.90 Å². The molecule has 2 aliphatic heterocycles. The van der Waals surface area contributed by atoms with Crippen molar-refractivity contribution >= 4 is 19.5 Å². The Kier molecular flexibility index (Phi) is 7.20. The standard InChI is InChI=1S/C22H33BN2O2/c1-3-16(2)21-14-20(24-27-21)19-8-4-6-17(7-5-9-19)18-10-12-25(13-11-18)22(26)15-23/h3,17-19,21H,1-2,4-15H2. The predicted molar refractivity (Wildman–Crippen MR) is 111 cm³/mol. The van der Waals surface area contributed by atoms with Crippen LogP contribution in [0.5, 0.6) is 0 Å². The maximum absolute atomic E-state index is 11.8. The maximum atomic E-state index is 11.8. The van der Waals surface area contributed by atoms with Gasteiger partial charge in [-0.2, -0.15) is 0 Å². The van der Waals surface area contributed by atoms with Gasteiger partial charge >= 0.3 is 0 Å². The molecule has 1 saturated heterocycles. The average Bonchev–Trinajstić information content (AvgIpc) is 3.17. The van der Waals surface area contributed by atoms with Gasteiger partial charge in [0, 0.05) is 25.4 Å². The molecule has 0 aromatic rings. The minimum Gasteiger partial charge on any atom is -0.387 e. The first-order chi connectivity index (χ1) is 13.1. The second-order valence-corrected chi connectivity index (χ2v) is 8.40. The van der Waals surface area contributed by atoms with Crippen molar-refractivity contribution in [1.29, 1.82) is 0 Å². The quantitative estimate of drug-likeness (QED) is 0.537. The third-order valence-electron chi connectivity index (χ3n) is 6.83. The van der Waals surface area contributed by atoms with Crippen LogP contribution in [0.25, 0.3) is 0 Å². The van der Waals surface area contributed by atoms with E-state index in [2.05, 4.69) is 18.3 Å². The third kappa shape index (κ3) is 5.06. The van der Waals surface area contributed by atoms with Crippen LogP contribution in [0.2, 0.25) is 6.32 Å². The zero-order chi connectivity index (χ0) is 19.2. The Morgan fingerprint density at radius 3 is 2.37 bits per heavy atom. The van der Waals surface area contributed by atoms with Crippen LogP contribution in [0, 0.1) is 17.8 Å². The lowest BCUT2D eigenvalue weighted by atomic mass is 9.75. The molecule has 1 amide bonds. The summed E-state index contributed by atoms with van der Waals surface area (Å²) in [5.74, 6) is 2.26. The van der Waals surface area contributed by atoms with Gasteiger partial charge in [-0.1, -0.05) is 50.1 Å². The first-order valence-electron chi connectivity index (χ1n) is 10.6. The summed E-state index contributed by atoms with van der Waals surface area (Å²) in [6, 6.07) is 0. The highest BCUT2D eigenvalue weighted by Gasteiger charge is 2.32. The third-order valence-corrected chi connectivity index (χ3v) is 6.83. The Labute approximate surface area is 165 Å². The van der Waals surface area contributed by atoms with Crippen LogP contribution < -0.4 is 0 Å².